The molecule has 2 aliphatic rings. The Morgan fingerprint density at radius 3 is 2.41 bits per heavy atom. The molecule has 0 spiro atoms. The van der Waals surface area contributed by atoms with Gasteiger partial charge in [-0.1, -0.05) is 38.9 Å². The smallest absolute Gasteiger partial charge is 0.108 e. The van der Waals surface area contributed by atoms with Crippen LogP contribution in [0.15, 0.2) is 4.99 Å². The van der Waals surface area contributed by atoms with Gasteiger partial charge in [-0.25, -0.2) is 0 Å². The van der Waals surface area contributed by atoms with Crippen LogP contribution < -0.4 is 0 Å². The van der Waals surface area contributed by atoms with Crippen LogP contribution in [0, 0.1) is 0 Å². The van der Waals surface area contributed by atoms with Crippen molar-refractivity contribution >= 4 is 24.1 Å². The highest BCUT2D eigenvalue weighted by molar-refractivity contribution is 8.29. The monoisotopic (exact) mass is 269 g/mol. The van der Waals surface area contributed by atoms with Gasteiger partial charge in [0.15, 0.2) is 0 Å². The lowest BCUT2D eigenvalue weighted by Gasteiger charge is -2.20. The van der Waals surface area contributed by atoms with Crippen molar-refractivity contribution in [1.29, 1.82) is 0 Å². The van der Waals surface area contributed by atoms with Crippen LogP contribution in [0.5, 0.6) is 0 Å². The molecule has 1 unspecified atom stereocenters. The van der Waals surface area contributed by atoms with Gasteiger partial charge >= 0.3 is 0 Å². The fourth-order valence-corrected chi connectivity index (χ4v) is 8.10. The summed E-state index contributed by atoms with van der Waals surface area (Å²) in [5.41, 5.74) is 1.55. The van der Waals surface area contributed by atoms with Crippen LogP contribution in [0.3, 0.4) is 0 Å². The largest absolute Gasteiger partial charge is 0.291 e. The van der Waals surface area contributed by atoms with E-state index < -0.39 is 7.22 Å². The van der Waals surface area contributed by atoms with Gasteiger partial charge in [-0.15, -0.1) is 0 Å². The van der Waals surface area contributed by atoms with Crippen molar-refractivity contribution in [2.24, 2.45) is 4.99 Å². The van der Waals surface area contributed by atoms with Crippen LogP contribution >= 0.6 is 11.2 Å². The lowest BCUT2D eigenvalue weighted by Crippen LogP contribution is -2.19. The molecule has 98 valence electrons. The van der Waals surface area contributed by atoms with Crippen molar-refractivity contribution in [3.63, 3.8) is 0 Å². The molecule has 2 rings (SSSR count). The van der Waals surface area contributed by atoms with E-state index in [1.165, 1.54) is 51.4 Å². The zero-order chi connectivity index (χ0) is 12.3. The van der Waals surface area contributed by atoms with Crippen LogP contribution in [0.25, 0.3) is 0 Å². The van der Waals surface area contributed by atoms with E-state index in [1.807, 2.05) is 0 Å². The third-order valence-electron chi connectivity index (χ3n) is 3.68. The molecule has 0 amide bonds. The van der Waals surface area contributed by atoms with E-state index in [1.54, 1.807) is 5.71 Å². The number of nitrogens with zero attached hydrogens (tertiary/aromatic N) is 1. The van der Waals surface area contributed by atoms with Gasteiger partial charge in [0, 0.05) is 17.0 Å². The molecule has 2 fully saturated rings. The van der Waals surface area contributed by atoms with Gasteiger partial charge in [0.2, 0.25) is 0 Å². The maximum absolute atomic E-state index is 5.03. The first-order valence-corrected chi connectivity index (χ1v) is 12.4. The minimum absolute atomic E-state index is 0.689. The molecule has 0 aliphatic heterocycles. The number of hydrogen-bond donors (Lipinski definition) is 0. The second-order valence-electron chi connectivity index (χ2n) is 6.58. The summed E-state index contributed by atoms with van der Waals surface area (Å²) in [4.78, 5) is 5.03. The molecule has 0 aromatic carbocycles. The molecule has 0 saturated heterocycles. The molecule has 2 saturated carbocycles. The Morgan fingerprint density at radius 2 is 1.76 bits per heavy atom. The van der Waals surface area contributed by atoms with E-state index in [4.69, 9.17) is 4.99 Å². The minimum atomic E-state index is -0.942. The van der Waals surface area contributed by atoms with Gasteiger partial charge in [0.1, 0.15) is 7.22 Å². The molecule has 0 aromatic heterocycles. The Hall–Kier alpha value is 0.237. The first-order valence-electron chi connectivity index (χ1n) is 7.26. The van der Waals surface area contributed by atoms with Crippen LogP contribution in [0.1, 0.15) is 51.4 Å². The van der Waals surface area contributed by atoms with Crippen molar-refractivity contribution in [3.05, 3.63) is 0 Å². The maximum Gasteiger partial charge on any atom is 0.108 e. The lowest BCUT2D eigenvalue weighted by atomic mass is 9.96. The van der Waals surface area contributed by atoms with Gasteiger partial charge in [-0.05, 0) is 32.1 Å². The van der Waals surface area contributed by atoms with E-state index >= 15 is 0 Å². The van der Waals surface area contributed by atoms with Crippen LogP contribution in [-0.2, 0) is 0 Å². The Morgan fingerprint density at radius 1 is 1.06 bits per heavy atom. The average molecular weight is 270 g/mol. The lowest BCUT2D eigenvalue weighted by molar-refractivity contribution is 0.443. The standard InChI is InChI=1S/C14H27NSSi/c1-17(2,3)16-14-10-9-13(11-14)15-12-7-5-4-6-8-12/h12,14H,4-11H2,1-3H3/b15-13+. The second kappa shape index (κ2) is 5.92. The zero-order valence-corrected chi connectivity index (χ0v) is 13.5. The highest BCUT2D eigenvalue weighted by Gasteiger charge is 2.27. The summed E-state index contributed by atoms with van der Waals surface area (Å²) in [6.45, 7) is 7.40. The Bertz CT molecular complexity index is 276. The summed E-state index contributed by atoms with van der Waals surface area (Å²) in [5, 5.41) is 0.893. The quantitative estimate of drug-likeness (QED) is 0.665. The van der Waals surface area contributed by atoms with Gasteiger partial charge in [0.05, 0.1) is 0 Å². The predicted octanol–water partition coefficient (Wildman–Crippen LogP) is 4.88. The van der Waals surface area contributed by atoms with Crippen molar-refractivity contribution in [3.8, 4) is 0 Å². The third kappa shape index (κ3) is 4.78. The summed E-state index contributed by atoms with van der Waals surface area (Å²) in [6.07, 6.45) is 11.0. The molecule has 0 aromatic rings. The van der Waals surface area contributed by atoms with E-state index in [-0.39, 0.29) is 0 Å². The SMILES string of the molecule is C[Si](C)(C)SC1CC/C(=N\C2CCCCC2)C1. The highest BCUT2D eigenvalue weighted by Crippen LogP contribution is 2.35. The third-order valence-corrected chi connectivity index (χ3v) is 8.24. The summed E-state index contributed by atoms with van der Waals surface area (Å²) < 4.78 is 0. The maximum atomic E-state index is 5.03. The molecular formula is C14H27NSSi. The number of aliphatic imine (C=N–C) groups is 1. The van der Waals surface area contributed by atoms with Crippen molar-refractivity contribution < 1.29 is 0 Å². The van der Waals surface area contributed by atoms with Gasteiger partial charge in [0.25, 0.3) is 0 Å². The van der Waals surface area contributed by atoms with E-state index in [0.717, 1.165) is 5.25 Å². The van der Waals surface area contributed by atoms with Crippen molar-refractivity contribution in [2.75, 3.05) is 0 Å². The van der Waals surface area contributed by atoms with Gasteiger partial charge in [-0.2, -0.15) is 11.2 Å². The zero-order valence-electron chi connectivity index (χ0n) is 11.7. The first-order chi connectivity index (χ1) is 8.03. The predicted molar refractivity (Wildman–Crippen MR) is 82.9 cm³/mol. The molecule has 0 heterocycles. The summed E-state index contributed by atoms with van der Waals surface area (Å²) in [7, 11) is -0.942. The molecule has 0 N–H and O–H groups in total. The molecule has 1 atom stereocenters. The highest BCUT2D eigenvalue weighted by atomic mass is 32.4. The van der Waals surface area contributed by atoms with Crippen molar-refractivity contribution in [1.82, 2.24) is 0 Å². The minimum Gasteiger partial charge on any atom is -0.291 e. The normalized spacial score (nSPS) is 30.1. The Kier molecular flexibility index (Phi) is 4.76. The number of rotatable bonds is 3. The summed E-state index contributed by atoms with van der Waals surface area (Å²) in [6, 6.07) is 0.689. The molecule has 1 nitrogen and oxygen atoms in total. The van der Waals surface area contributed by atoms with Crippen LogP contribution in [0.4, 0.5) is 0 Å². The average Bonchev–Trinajstić information content (AvgIpc) is 2.64. The van der Waals surface area contributed by atoms with Gasteiger partial charge in [-0.3, -0.25) is 4.99 Å². The van der Waals surface area contributed by atoms with Crippen LogP contribution in [0.2, 0.25) is 19.6 Å². The number of hydrogen-bond acceptors (Lipinski definition) is 2. The van der Waals surface area contributed by atoms with E-state index in [0.29, 0.717) is 6.04 Å². The van der Waals surface area contributed by atoms with Crippen molar-refractivity contribution in [2.45, 2.75) is 82.3 Å². The summed E-state index contributed by atoms with van der Waals surface area (Å²) in [5.74, 6) is 0. The molecular weight excluding hydrogens is 242 g/mol. The van der Waals surface area contributed by atoms with E-state index in [2.05, 4.69) is 30.9 Å². The van der Waals surface area contributed by atoms with Crippen LogP contribution in [-0.4, -0.2) is 24.2 Å². The topological polar surface area (TPSA) is 12.4 Å². The Balaban J connectivity index is 1.82. The van der Waals surface area contributed by atoms with Gasteiger partial charge < -0.3 is 0 Å². The molecule has 0 radical (unpaired) electrons. The first kappa shape index (κ1) is 13.7. The summed E-state index contributed by atoms with van der Waals surface area (Å²) >= 11 is 2.29. The molecule has 2 aliphatic carbocycles. The molecule has 17 heavy (non-hydrogen) atoms. The second-order valence-corrected chi connectivity index (χ2v) is 16.1. The van der Waals surface area contributed by atoms with E-state index in [9.17, 15) is 0 Å². The molecule has 0 bridgehead atoms. The fourth-order valence-electron chi connectivity index (χ4n) is 2.98. The molecule has 3 heteroatoms. The Labute approximate surface area is 112 Å². The fraction of sp³-hybridized carbons (Fsp3) is 0.929.